The summed E-state index contributed by atoms with van der Waals surface area (Å²) in [5.74, 6) is 2.65. The summed E-state index contributed by atoms with van der Waals surface area (Å²) in [6.07, 6.45) is 4.06. The maximum atomic E-state index is 9.80. The van der Waals surface area contributed by atoms with Gasteiger partial charge >= 0.3 is 0 Å². The van der Waals surface area contributed by atoms with Crippen LogP contribution in [0.3, 0.4) is 0 Å². The predicted molar refractivity (Wildman–Crippen MR) is 90.3 cm³/mol. The molecule has 2 aromatic heterocycles. The number of ether oxygens (including phenoxy) is 1. The molecule has 1 N–H and O–H groups in total. The fourth-order valence-electron chi connectivity index (χ4n) is 2.61. The van der Waals surface area contributed by atoms with Crippen molar-refractivity contribution in [1.29, 1.82) is 0 Å². The maximum absolute atomic E-state index is 9.80. The quantitative estimate of drug-likeness (QED) is 0.761. The van der Waals surface area contributed by atoms with Crippen molar-refractivity contribution >= 4 is 0 Å². The molecule has 0 bridgehead atoms. The van der Waals surface area contributed by atoms with Crippen LogP contribution >= 0.6 is 0 Å². The largest absolute Gasteiger partial charge is 0.504 e. The van der Waals surface area contributed by atoms with Crippen LogP contribution in [0.2, 0.25) is 0 Å². The zero-order valence-corrected chi connectivity index (χ0v) is 14.1. The molecule has 0 amide bonds. The second-order valence-corrected chi connectivity index (χ2v) is 6.04. The molecule has 0 spiro atoms. The zero-order chi connectivity index (χ0) is 17.4. The van der Waals surface area contributed by atoms with Crippen molar-refractivity contribution in [2.75, 3.05) is 6.61 Å². The Morgan fingerprint density at radius 3 is 2.84 bits per heavy atom. The van der Waals surface area contributed by atoms with E-state index in [1.165, 1.54) is 0 Å². The first-order chi connectivity index (χ1) is 12.2. The van der Waals surface area contributed by atoms with Crippen LogP contribution in [0.1, 0.15) is 37.2 Å². The highest BCUT2D eigenvalue weighted by atomic mass is 16.5. The van der Waals surface area contributed by atoms with Crippen LogP contribution in [0.4, 0.5) is 0 Å². The summed E-state index contributed by atoms with van der Waals surface area (Å²) in [7, 11) is 0. The summed E-state index contributed by atoms with van der Waals surface area (Å²) in [6, 6.07) is 4.95. The van der Waals surface area contributed by atoms with Crippen molar-refractivity contribution in [1.82, 2.24) is 20.1 Å². The predicted octanol–water partition coefficient (Wildman–Crippen LogP) is 3.48. The lowest BCUT2D eigenvalue weighted by molar-refractivity contribution is 0.318. The number of rotatable bonds is 5. The summed E-state index contributed by atoms with van der Waals surface area (Å²) < 4.78 is 10.8. The van der Waals surface area contributed by atoms with Crippen LogP contribution in [0, 0.1) is 6.92 Å². The van der Waals surface area contributed by atoms with E-state index in [9.17, 15) is 5.11 Å². The molecule has 0 unspecified atom stereocenters. The minimum Gasteiger partial charge on any atom is -0.504 e. The smallest absolute Gasteiger partial charge is 0.261 e. The molecular weight excluding hydrogens is 320 g/mol. The van der Waals surface area contributed by atoms with Crippen LogP contribution in [0.25, 0.3) is 22.8 Å². The Morgan fingerprint density at radius 1 is 1.28 bits per heavy atom. The molecule has 7 heteroatoms. The second-order valence-electron chi connectivity index (χ2n) is 6.04. The van der Waals surface area contributed by atoms with E-state index < -0.39 is 0 Å². The second kappa shape index (κ2) is 6.16. The third kappa shape index (κ3) is 3.05. The van der Waals surface area contributed by atoms with E-state index in [2.05, 4.69) is 20.1 Å². The van der Waals surface area contributed by atoms with Crippen molar-refractivity contribution < 1.29 is 14.4 Å². The van der Waals surface area contributed by atoms with Gasteiger partial charge in [-0.3, -0.25) is 0 Å². The Morgan fingerprint density at radius 2 is 2.12 bits per heavy atom. The number of nitrogens with zero attached hydrogens (tertiary/aromatic N) is 4. The summed E-state index contributed by atoms with van der Waals surface area (Å²) in [5, 5.41) is 13.8. The third-order valence-corrected chi connectivity index (χ3v) is 4.11. The van der Waals surface area contributed by atoms with E-state index in [-0.39, 0.29) is 5.75 Å². The summed E-state index contributed by atoms with van der Waals surface area (Å²) >= 11 is 0. The molecule has 0 atom stereocenters. The first-order valence-electron chi connectivity index (χ1n) is 8.29. The van der Waals surface area contributed by atoms with Crippen LogP contribution < -0.4 is 4.74 Å². The van der Waals surface area contributed by atoms with Gasteiger partial charge in [0.25, 0.3) is 5.89 Å². The van der Waals surface area contributed by atoms with Gasteiger partial charge in [0, 0.05) is 17.7 Å². The molecule has 25 heavy (non-hydrogen) atoms. The van der Waals surface area contributed by atoms with E-state index in [4.69, 9.17) is 9.26 Å². The lowest BCUT2D eigenvalue weighted by atomic mass is 10.2. The first-order valence-corrected chi connectivity index (χ1v) is 8.29. The van der Waals surface area contributed by atoms with Gasteiger partial charge in [0.15, 0.2) is 11.5 Å². The molecule has 1 aliphatic carbocycles. The molecule has 0 aliphatic heterocycles. The normalized spacial score (nSPS) is 13.8. The van der Waals surface area contributed by atoms with E-state index in [1.54, 1.807) is 24.4 Å². The van der Waals surface area contributed by atoms with Gasteiger partial charge in [0.05, 0.1) is 17.9 Å². The molecule has 3 aromatic rings. The zero-order valence-electron chi connectivity index (χ0n) is 14.1. The van der Waals surface area contributed by atoms with E-state index in [0.29, 0.717) is 35.6 Å². The van der Waals surface area contributed by atoms with Crippen molar-refractivity contribution in [2.45, 2.75) is 32.6 Å². The lowest BCUT2D eigenvalue weighted by Gasteiger charge is -2.06. The monoisotopic (exact) mass is 338 g/mol. The van der Waals surface area contributed by atoms with Gasteiger partial charge < -0.3 is 14.4 Å². The van der Waals surface area contributed by atoms with E-state index in [0.717, 1.165) is 29.9 Å². The maximum Gasteiger partial charge on any atom is 0.261 e. The number of phenolic OH excluding ortho intramolecular Hbond substituents is 1. The Balaban J connectivity index is 1.65. The number of benzene rings is 1. The van der Waals surface area contributed by atoms with Gasteiger partial charge in [0.1, 0.15) is 5.82 Å². The van der Waals surface area contributed by atoms with Gasteiger partial charge in [-0.05, 0) is 44.9 Å². The highest BCUT2D eigenvalue weighted by Crippen LogP contribution is 2.38. The summed E-state index contributed by atoms with van der Waals surface area (Å²) in [4.78, 5) is 13.4. The molecule has 0 radical (unpaired) electrons. The standard InChI is InChI=1S/C18H18N4O3/c1-3-24-15-8-12(6-7-14(15)23)17-21-18(25-22-17)13-9-19-16(11-4-5-11)20-10(13)2/h6-9,11,23H,3-5H2,1-2H3. The molecule has 1 aliphatic rings. The SMILES string of the molecule is CCOc1cc(-c2noc(-c3cnc(C4CC4)nc3C)n2)ccc1O. The third-order valence-electron chi connectivity index (χ3n) is 4.11. The molecule has 0 saturated heterocycles. The number of hydrogen-bond acceptors (Lipinski definition) is 7. The van der Waals surface area contributed by atoms with E-state index >= 15 is 0 Å². The van der Waals surface area contributed by atoms with E-state index in [1.807, 2.05) is 13.8 Å². The molecule has 1 fully saturated rings. The van der Waals surface area contributed by atoms with Crippen molar-refractivity contribution in [3.8, 4) is 34.3 Å². The fraction of sp³-hybridized carbons (Fsp3) is 0.333. The molecular formula is C18H18N4O3. The van der Waals surface area contributed by atoms with Gasteiger partial charge in [0.2, 0.25) is 5.82 Å². The Hall–Kier alpha value is -2.96. The Labute approximate surface area is 144 Å². The highest BCUT2D eigenvalue weighted by Gasteiger charge is 2.27. The van der Waals surface area contributed by atoms with Gasteiger partial charge in [-0.25, -0.2) is 9.97 Å². The molecule has 128 valence electrons. The summed E-state index contributed by atoms with van der Waals surface area (Å²) in [5.41, 5.74) is 2.25. The lowest BCUT2D eigenvalue weighted by Crippen LogP contribution is -1.97. The molecule has 7 nitrogen and oxygen atoms in total. The summed E-state index contributed by atoms with van der Waals surface area (Å²) in [6.45, 7) is 4.23. The number of phenols is 1. The number of aromatic hydroxyl groups is 1. The van der Waals surface area contributed by atoms with Gasteiger partial charge in [-0.15, -0.1) is 0 Å². The van der Waals surface area contributed by atoms with Crippen LogP contribution in [0.5, 0.6) is 11.5 Å². The molecule has 1 aromatic carbocycles. The van der Waals surface area contributed by atoms with Crippen LogP contribution in [0.15, 0.2) is 28.9 Å². The minimum atomic E-state index is 0.0780. The van der Waals surface area contributed by atoms with Gasteiger partial charge in [-0.2, -0.15) is 4.98 Å². The molecule has 2 heterocycles. The average Bonchev–Trinajstić information content (AvgIpc) is 3.35. The minimum absolute atomic E-state index is 0.0780. The molecule has 4 rings (SSSR count). The Bertz CT molecular complexity index is 918. The topological polar surface area (TPSA) is 94.2 Å². The number of aryl methyl sites for hydroxylation is 1. The number of aromatic nitrogens is 4. The fourth-order valence-corrected chi connectivity index (χ4v) is 2.61. The van der Waals surface area contributed by atoms with Crippen molar-refractivity contribution in [3.05, 3.63) is 35.9 Å². The highest BCUT2D eigenvalue weighted by molar-refractivity contribution is 5.63. The first kappa shape index (κ1) is 15.6. The van der Waals surface area contributed by atoms with Gasteiger partial charge in [-0.1, -0.05) is 5.16 Å². The number of hydrogen-bond donors (Lipinski definition) is 1. The molecule has 1 saturated carbocycles. The van der Waals surface area contributed by atoms with Crippen LogP contribution in [-0.2, 0) is 0 Å². The van der Waals surface area contributed by atoms with Crippen molar-refractivity contribution in [2.24, 2.45) is 0 Å². The Kier molecular flexibility index (Phi) is 3.83. The van der Waals surface area contributed by atoms with Crippen molar-refractivity contribution in [3.63, 3.8) is 0 Å². The average molecular weight is 338 g/mol. The van der Waals surface area contributed by atoms with Crippen LogP contribution in [-0.4, -0.2) is 31.8 Å².